The molecular weight excluding hydrogens is 553 g/mol. The summed E-state index contributed by atoms with van der Waals surface area (Å²) in [5.74, 6) is -4.16. The molecule has 186 valence electrons. The number of aliphatic carboxylic acids is 1. The Bertz CT molecular complexity index is 1400. The summed E-state index contributed by atoms with van der Waals surface area (Å²) in [5.41, 5.74) is 1.10. The van der Waals surface area contributed by atoms with Crippen LogP contribution in [-0.2, 0) is 14.4 Å². The number of aromatic nitrogens is 1. The molecule has 3 N–H and O–H groups in total. The Labute approximate surface area is 220 Å². The van der Waals surface area contributed by atoms with E-state index >= 15 is 0 Å². The van der Waals surface area contributed by atoms with Crippen molar-refractivity contribution in [1.82, 2.24) is 9.88 Å². The number of hydrogen-bond donors (Lipinski definition) is 3. The molecule has 1 saturated heterocycles. The Morgan fingerprint density at radius 3 is 2.67 bits per heavy atom. The van der Waals surface area contributed by atoms with Crippen molar-refractivity contribution in [2.75, 3.05) is 11.9 Å². The fourth-order valence-corrected chi connectivity index (χ4v) is 6.04. The molecule has 1 aliphatic rings. The SMILES string of the molecule is O=C(CCN1C(=O)/C(=C/c2cc(-c3ccc(F)c(F)c3)cs2)SC1=S)Nc1nc(C(O)C(=O)O)cs1. The zero-order valence-electron chi connectivity index (χ0n) is 17.9. The van der Waals surface area contributed by atoms with Gasteiger partial charge in [0.1, 0.15) is 4.32 Å². The lowest BCUT2D eigenvalue weighted by Crippen LogP contribution is -2.31. The summed E-state index contributed by atoms with van der Waals surface area (Å²) in [5, 5.41) is 24.0. The van der Waals surface area contributed by atoms with Crippen LogP contribution in [0.1, 0.15) is 23.1 Å². The lowest BCUT2D eigenvalue weighted by molar-refractivity contribution is -0.147. The third kappa shape index (κ3) is 5.84. The van der Waals surface area contributed by atoms with Crippen molar-refractivity contribution in [2.45, 2.75) is 12.5 Å². The number of aliphatic hydroxyl groups is 1. The molecular formula is C22H15F2N3O5S4. The molecule has 0 radical (unpaired) electrons. The van der Waals surface area contributed by atoms with E-state index in [-0.39, 0.29) is 34.0 Å². The first-order valence-corrected chi connectivity index (χ1v) is 13.1. The minimum absolute atomic E-state index is 0.0222. The first-order valence-electron chi connectivity index (χ1n) is 10.1. The maximum absolute atomic E-state index is 13.5. The summed E-state index contributed by atoms with van der Waals surface area (Å²) in [6.07, 6.45) is -0.224. The number of thiazole rings is 1. The van der Waals surface area contributed by atoms with Crippen molar-refractivity contribution in [2.24, 2.45) is 0 Å². The van der Waals surface area contributed by atoms with Crippen molar-refractivity contribution in [1.29, 1.82) is 0 Å². The molecule has 1 aromatic carbocycles. The Kier molecular flexibility index (Phi) is 7.90. The molecule has 0 spiro atoms. The normalized spacial score (nSPS) is 15.5. The molecule has 3 heterocycles. The quantitative estimate of drug-likeness (QED) is 0.269. The zero-order valence-corrected chi connectivity index (χ0v) is 21.2. The minimum Gasteiger partial charge on any atom is -0.479 e. The van der Waals surface area contributed by atoms with Gasteiger partial charge in [-0.15, -0.1) is 22.7 Å². The number of nitrogens with zero attached hydrogens (tertiary/aromatic N) is 2. The first-order chi connectivity index (χ1) is 17.1. The second-order valence-corrected chi connectivity index (χ2v) is 10.8. The first kappa shape index (κ1) is 26.0. The molecule has 0 bridgehead atoms. The Hall–Kier alpha value is -3.04. The van der Waals surface area contributed by atoms with Gasteiger partial charge in [-0.3, -0.25) is 14.5 Å². The average molecular weight is 568 g/mol. The van der Waals surface area contributed by atoms with Crippen LogP contribution in [0.15, 0.2) is 39.9 Å². The summed E-state index contributed by atoms with van der Waals surface area (Å²) in [6.45, 7) is 0.0222. The average Bonchev–Trinajstić information content (AvgIpc) is 3.55. The van der Waals surface area contributed by atoms with Crippen LogP contribution < -0.4 is 5.32 Å². The van der Waals surface area contributed by atoms with E-state index in [2.05, 4.69) is 10.3 Å². The van der Waals surface area contributed by atoms with Gasteiger partial charge in [0.05, 0.1) is 10.6 Å². The van der Waals surface area contributed by atoms with Crippen LogP contribution in [0.5, 0.6) is 0 Å². The molecule has 36 heavy (non-hydrogen) atoms. The van der Waals surface area contributed by atoms with E-state index in [1.807, 2.05) is 0 Å². The van der Waals surface area contributed by atoms with E-state index < -0.39 is 29.6 Å². The molecule has 2 aromatic heterocycles. The number of carbonyl (C=O) groups is 3. The highest BCUT2D eigenvalue weighted by atomic mass is 32.2. The third-order valence-electron chi connectivity index (χ3n) is 4.86. The van der Waals surface area contributed by atoms with Crippen LogP contribution in [0.25, 0.3) is 17.2 Å². The lowest BCUT2D eigenvalue weighted by Gasteiger charge is -2.13. The Morgan fingerprint density at radius 2 is 1.94 bits per heavy atom. The molecule has 4 rings (SSSR count). The zero-order chi connectivity index (χ0) is 26.0. The predicted octanol–water partition coefficient (Wildman–Crippen LogP) is 4.50. The van der Waals surface area contributed by atoms with Crippen LogP contribution in [-0.4, -0.2) is 48.7 Å². The number of benzene rings is 1. The van der Waals surface area contributed by atoms with E-state index in [0.717, 1.165) is 40.1 Å². The van der Waals surface area contributed by atoms with Crippen LogP contribution in [0, 0.1) is 11.6 Å². The Morgan fingerprint density at radius 1 is 1.17 bits per heavy atom. The molecule has 0 aliphatic carbocycles. The largest absolute Gasteiger partial charge is 0.479 e. The maximum atomic E-state index is 13.5. The van der Waals surface area contributed by atoms with Gasteiger partial charge in [-0.25, -0.2) is 18.6 Å². The number of carbonyl (C=O) groups excluding carboxylic acids is 2. The molecule has 8 nitrogen and oxygen atoms in total. The fraction of sp³-hybridized carbons (Fsp3) is 0.136. The van der Waals surface area contributed by atoms with Crippen molar-refractivity contribution < 1.29 is 33.4 Å². The van der Waals surface area contributed by atoms with Gasteiger partial charge in [-0.05, 0) is 40.8 Å². The molecule has 1 aliphatic heterocycles. The van der Waals surface area contributed by atoms with Gasteiger partial charge >= 0.3 is 5.97 Å². The number of hydrogen-bond acceptors (Lipinski definition) is 9. The molecule has 14 heteroatoms. The van der Waals surface area contributed by atoms with Gasteiger partial charge in [-0.2, -0.15) is 0 Å². The monoisotopic (exact) mass is 567 g/mol. The number of thiophene rings is 1. The topological polar surface area (TPSA) is 120 Å². The number of thioether (sulfide) groups is 1. The van der Waals surface area contributed by atoms with E-state index in [4.69, 9.17) is 17.3 Å². The number of carboxylic acid groups (broad SMARTS) is 1. The highest BCUT2D eigenvalue weighted by molar-refractivity contribution is 8.26. The van der Waals surface area contributed by atoms with Gasteiger partial charge in [0.25, 0.3) is 5.91 Å². The molecule has 1 atom stereocenters. The van der Waals surface area contributed by atoms with Gasteiger partial charge in [-0.1, -0.05) is 30.0 Å². The number of anilines is 1. The third-order valence-corrected chi connectivity index (χ3v) is 7.90. The fourth-order valence-electron chi connectivity index (χ4n) is 3.07. The van der Waals surface area contributed by atoms with Crippen molar-refractivity contribution in [3.63, 3.8) is 0 Å². The summed E-state index contributed by atoms with van der Waals surface area (Å²) < 4.78 is 27.0. The van der Waals surface area contributed by atoms with Crippen molar-refractivity contribution >= 4 is 80.0 Å². The smallest absolute Gasteiger partial charge is 0.338 e. The number of nitrogens with one attached hydrogen (secondary N) is 1. The van der Waals surface area contributed by atoms with Crippen LogP contribution in [0.4, 0.5) is 13.9 Å². The standard InChI is InChI=1S/C22H15F2N3O5S4/c23-13-2-1-10(6-14(13)24)11-5-12(34-8-11)7-16-19(30)27(22(33)36-16)4-3-17(28)26-21-25-15(9-35-21)18(29)20(31)32/h1-2,5-9,18,29H,3-4H2,(H,31,32)(H,25,26,28)/b16-7-. The summed E-state index contributed by atoms with van der Waals surface area (Å²) in [4.78, 5) is 42.2. The van der Waals surface area contributed by atoms with Gasteiger partial charge in [0, 0.05) is 23.2 Å². The van der Waals surface area contributed by atoms with E-state index in [9.17, 15) is 28.3 Å². The number of amides is 2. The second-order valence-electron chi connectivity index (χ2n) is 7.32. The van der Waals surface area contributed by atoms with E-state index in [0.29, 0.717) is 16.0 Å². The number of aliphatic hydroxyl groups excluding tert-OH is 1. The van der Waals surface area contributed by atoms with Gasteiger partial charge in [0.2, 0.25) is 5.91 Å². The summed E-state index contributed by atoms with van der Waals surface area (Å²) in [6, 6.07) is 5.37. The second kappa shape index (κ2) is 10.9. The maximum Gasteiger partial charge on any atom is 0.338 e. The highest BCUT2D eigenvalue weighted by Gasteiger charge is 2.32. The van der Waals surface area contributed by atoms with Crippen molar-refractivity contribution in [3.8, 4) is 11.1 Å². The van der Waals surface area contributed by atoms with Gasteiger partial charge < -0.3 is 15.5 Å². The van der Waals surface area contributed by atoms with E-state index in [1.165, 1.54) is 27.7 Å². The molecule has 1 fully saturated rings. The predicted molar refractivity (Wildman–Crippen MR) is 138 cm³/mol. The van der Waals surface area contributed by atoms with Crippen LogP contribution in [0.2, 0.25) is 0 Å². The summed E-state index contributed by atoms with van der Waals surface area (Å²) in [7, 11) is 0. The number of thiocarbonyl (C=S) groups is 1. The number of rotatable bonds is 8. The van der Waals surface area contributed by atoms with E-state index in [1.54, 1.807) is 17.5 Å². The van der Waals surface area contributed by atoms with Gasteiger partial charge in [0.15, 0.2) is 22.9 Å². The number of carboxylic acids is 1. The van der Waals surface area contributed by atoms with Crippen LogP contribution in [0.3, 0.4) is 0 Å². The number of halogens is 2. The Balaban J connectivity index is 1.36. The highest BCUT2D eigenvalue weighted by Crippen LogP contribution is 2.35. The molecule has 0 saturated carbocycles. The lowest BCUT2D eigenvalue weighted by atomic mass is 10.1. The molecule has 1 unspecified atom stereocenters. The van der Waals surface area contributed by atoms with Crippen molar-refractivity contribution in [3.05, 3.63) is 62.1 Å². The van der Waals surface area contributed by atoms with Crippen LogP contribution >= 0.6 is 46.7 Å². The minimum atomic E-state index is -1.79. The molecule has 2 amide bonds. The summed E-state index contributed by atoms with van der Waals surface area (Å²) >= 11 is 8.67. The molecule has 3 aromatic rings.